The van der Waals surface area contributed by atoms with E-state index in [4.69, 9.17) is 5.73 Å². The molecule has 0 aliphatic rings. The predicted molar refractivity (Wildman–Crippen MR) is 164 cm³/mol. The second-order valence-corrected chi connectivity index (χ2v) is 8.65. The van der Waals surface area contributed by atoms with Crippen molar-refractivity contribution in [1.29, 1.82) is 0 Å². The molecule has 0 spiro atoms. The zero-order chi connectivity index (χ0) is 26.4. The van der Waals surface area contributed by atoms with Gasteiger partial charge in [-0.2, -0.15) is 0 Å². The van der Waals surface area contributed by atoms with Crippen LogP contribution in [0.5, 0.6) is 0 Å². The molecule has 1 aromatic carbocycles. The largest absolute Gasteiger partial charge is 0.399 e. The van der Waals surface area contributed by atoms with Crippen LogP contribution in [0.2, 0.25) is 0 Å². The molecule has 196 valence electrons. The smallest absolute Gasteiger partial charge is 0.0241 e. The Morgan fingerprint density at radius 2 is 1.63 bits per heavy atom. The van der Waals surface area contributed by atoms with Crippen molar-refractivity contribution < 1.29 is 0 Å². The van der Waals surface area contributed by atoms with E-state index in [0.717, 1.165) is 18.8 Å². The average molecular weight is 479 g/mol. The zero-order valence-corrected chi connectivity index (χ0v) is 23.7. The van der Waals surface area contributed by atoms with Crippen molar-refractivity contribution in [2.45, 2.75) is 73.6 Å². The van der Waals surface area contributed by atoms with Crippen LogP contribution in [-0.2, 0) is 0 Å². The van der Waals surface area contributed by atoms with Gasteiger partial charge in [0.05, 0.1) is 0 Å². The lowest BCUT2D eigenvalue weighted by Gasteiger charge is -2.12. The third-order valence-corrected chi connectivity index (χ3v) is 5.70. The maximum absolute atomic E-state index is 5.55. The molecular formula is C33H54N2. The number of nitrogens with two attached hydrogens (primary N) is 1. The summed E-state index contributed by atoms with van der Waals surface area (Å²) < 4.78 is 0. The van der Waals surface area contributed by atoms with Crippen molar-refractivity contribution in [2.75, 3.05) is 0 Å². The van der Waals surface area contributed by atoms with Crippen molar-refractivity contribution in [2.24, 2.45) is 17.6 Å². The van der Waals surface area contributed by atoms with Crippen molar-refractivity contribution in [1.82, 2.24) is 6.15 Å². The maximum atomic E-state index is 5.55. The molecule has 1 rings (SSSR count). The van der Waals surface area contributed by atoms with Gasteiger partial charge >= 0.3 is 0 Å². The Labute approximate surface area is 218 Å². The first-order chi connectivity index (χ1) is 16.2. The van der Waals surface area contributed by atoms with Crippen LogP contribution in [0.1, 0.15) is 77.8 Å². The highest BCUT2D eigenvalue weighted by molar-refractivity contribution is 5.69. The van der Waals surface area contributed by atoms with Gasteiger partial charge in [0.15, 0.2) is 0 Å². The summed E-state index contributed by atoms with van der Waals surface area (Å²) in [5.74, 6) is 1.51. The molecule has 2 unspecified atom stereocenters. The average Bonchev–Trinajstić information content (AvgIpc) is 2.83. The predicted octanol–water partition coefficient (Wildman–Crippen LogP) is 10.3. The quantitative estimate of drug-likeness (QED) is 0.232. The van der Waals surface area contributed by atoms with E-state index in [1.54, 1.807) is 6.08 Å². The van der Waals surface area contributed by atoms with Crippen LogP contribution in [0.25, 0.3) is 5.57 Å². The summed E-state index contributed by atoms with van der Waals surface area (Å²) in [5.41, 5.74) is 11.3. The number of rotatable bonds is 12. The van der Waals surface area contributed by atoms with Gasteiger partial charge in [0.1, 0.15) is 0 Å². The molecule has 0 heterocycles. The van der Waals surface area contributed by atoms with Gasteiger partial charge < -0.3 is 11.9 Å². The molecule has 5 N–H and O–H groups in total. The molecule has 0 aromatic heterocycles. The zero-order valence-electron chi connectivity index (χ0n) is 23.7. The number of benzene rings is 1. The normalized spacial score (nSPS) is 12.6. The van der Waals surface area contributed by atoms with Crippen molar-refractivity contribution in [3.63, 3.8) is 0 Å². The molecule has 2 nitrogen and oxygen atoms in total. The van der Waals surface area contributed by atoms with Crippen molar-refractivity contribution >= 4 is 5.57 Å². The molecule has 0 fully saturated rings. The van der Waals surface area contributed by atoms with Gasteiger partial charge in [0, 0.05) is 5.70 Å². The first kappa shape index (κ1) is 36.7. The second kappa shape index (κ2) is 24.3. The Bertz CT molecular complexity index is 791. The molecule has 0 aliphatic heterocycles. The topological polar surface area (TPSA) is 61.0 Å². The highest BCUT2D eigenvalue weighted by Gasteiger charge is 2.04. The summed E-state index contributed by atoms with van der Waals surface area (Å²) in [6, 6.07) is 8.59. The van der Waals surface area contributed by atoms with Crippen LogP contribution in [0.15, 0.2) is 104 Å². The van der Waals surface area contributed by atoms with E-state index in [2.05, 4.69) is 97.4 Å². The molecule has 2 heteroatoms. The van der Waals surface area contributed by atoms with E-state index in [0.29, 0.717) is 11.6 Å². The Morgan fingerprint density at radius 1 is 1.03 bits per heavy atom. The summed E-state index contributed by atoms with van der Waals surface area (Å²) in [7, 11) is 0. The van der Waals surface area contributed by atoms with Gasteiger partial charge in [0.2, 0.25) is 0 Å². The van der Waals surface area contributed by atoms with E-state index >= 15 is 0 Å². The highest BCUT2D eigenvalue weighted by Crippen LogP contribution is 2.22. The highest BCUT2D eigenvalue weighted by atomic mass is 14.5. The maximum Gasteiger partial charge on any atom is 0.0241 e. The molecule has 35 heavy (non-hydrogen) atoms. The van der Waals surface area contributed by atoms with E-state index in [-0.39, 0.29) is 6.15 Å². The van der Waals surface area contributed by atoms with E-state index in [1.807, 2.05) is 31.2 Å². The monoisotopic (exact) mass is 478 g/mol. The molecule has 0 aliphatic carbocycles. The Morgan fingerprint density at radius 3 is 2.00 bits per heavy atom. The summed E-state index contributed by atoms with van der Waals surface area (Å²) in [6.07, 6.45) is 19.5. The van der Waals surface area contributed by atoms with Gasteiger partial charge in [0.25, 0.3) is 0 Å². The van der Waals surface area contributed by atoms with Crippen molar-refractivity contribution in [3.8, 4) is 0 Å². The lowest BCUT2D eigenvalue weighted by molar-refractivity contribution is 0.447. The fourth-order valence-corrected chi connectivity index (χ4v) is 3.09. The molecule has 0 saturated carbocycles. The fraction of sp³-hybridized carbons (Fsp3) is 0.394. The minimum absolute atomic E-state index is 0. The standard InChI is InChI=1S/C16H21N.C12H22.C5H8.H3N/c1-5-15(11-8-13(3)17)14(4)16-9-6-12(2)7-10-16;1-5-8-12(7-3)10-9-11(4)6-2;1-3-5-4-2;/h6-11H,3,5,17H2,1-2,4H3;5,7,11-12H,1,3,6,8-10H2,2,4H3;3-5H,1H2,2H3;1H3/b11-8-,15-14+;;5-4-;. The van der Waals surface area contributed by atoms with Crippen LogP contribution in [0, 0.1) is 18.8 Å². The van der Waals surface area contributed by atoms with Gasteiger partial charge in [-0.05, 0) is 74.7 Å². The third-order valence-electron chi connectivity index (χ3n) is 5.70. The van der Waals surface area contributed by atoms with Gasteiger partial charge in [-0.1, -0.05) is 113 Å². The van der Waals surface area contributed by atoms with Crippen LogP contribution >= 0.6 is 0 Å². The number of allylic oxidation sites excluding steroid dienone is 9. The minimum Gasteiger partial charge on any atom is -0.399 e. The van der Waals surface area contributed by atoms with Gasteiger partial charge in [-0.3, -0.25) is 0 Å². The van der Waals surface area contributed by atoms with Crippen LogP contribution in [0.3, 0.4) is 0 Å². The summed E-state index contributed by atoms with van der Waals surface area (Å²) >= 11 is 0. The molecular weight excluding hydrogens is 424 g/mol. The SMILES string of the molecule is C=C(N)/C=C\C(CC)=C(/C)c1ccc(C)cc1.C=C/C=C\C.C=CCC(C=C)CCC(C)CC.N. The van der Waals surface area contributed by atoms with Crippen molar-refractivity contribution in [3.05, 3.63) is 116 Å². The first-order valence-corrected chi connectivity index (χ1v) is 12.6. The van der Waals surface area contributed by atoms with E-state index in [1.165, 1.54) is 41.5 Å². The Kier molecular flexibility index (Phi) is 25.5. The number of hydrogen-bond donors (Lipinski definition) is 2. The molecule has 0 saturated heterocycles. The lowest BCUT2D eigenvalue weighted by atomic mass is 9.93. The molecule has 0 amide bonds. The number of aryl methyl sites for hydroxylation is 1. The molecule has 0 bridgehead atoms. The van der Waals surface area contributed by atoms with Crippen LogP contribution in [-0.4, -0.2) is 0 Å². The summed E-state index contributed by atoms with van der Waals surface area (Å²) in [6.45, 7) is 27.6. The first-order valence-electron chi connectivity index (χ1n) is 12.6. The molecule has 0 radical (unpaired) electrons. The second-order valence-electron chi connectivity index (χ2n) is 8.65. The molecule has 2 atom stereocenters. The van der Waals surface area contributed by atoms with Crippen LogP contribution < -0.4 is 11.9 Å². The minimum atomic E-state index is 0. The number of hydrogen-bond acceptors (Lipinski definition) is 2. The van der Waals surface area contributed by atoms with Crippen LogP contribution in [0.4, 0.5) is 0 Å². The Hall–Kier alpha value is -2.84. The Balaban J connectivity index is -0.000000498. The van der Waals surface area contributed by atoms with E-state index < -0.39 is 0 Å². The summed E-state index contributed by atoms with van der Waals surface area (Å²) in [4.78, 5) is 0. The van der Waals surface area contributed by atoms with Gasteiger partial charge in [-0.25, -0.2) is 0 Å². The third kappa shape index (κ3) is 20.3. The molecule has 1 aromatic rings. The lowest BCUT2D eigenvalue weighted by Crippen LogP contribution is -1.99. The van der Waals surface area contributed by atoms with E-state index in [9.17, 15) is 0 Å². The van der Waals surface area contributed by atoms with Gasteiger partial charge in [-0.15, -0.1) is 13.2 Å². The fourth-order valence-electron chi connectivity index (χ4n) is 3.09. The summed E-state index contributed by atoms with van der Waals surface area (Å²) in [5, 5.41) is 0.